The quantitative estimate of drug-likeness (QED) is 0.728. The second-order valence-electron chi connectivity index (χ2n) is 8.07. The zero-order chi connectivity index (χ0) is 21.9. The van der Waals surface area contributed by atoms with E-state index < -0.39 is 16.1 Å². The Bertz CT molecular complexity index is 942. The van der Waals surface area contributed by atoms with Crippen LogP contribution in [0.2, 0.25) is 0 Å². The van der Waals surface area contributed by atoms with Crippen LogP contribution in [0.5, 0.6) is 5.75 Å². The topological polar surface area (TPSA) is 70.1 Å². The number of hydrogen-bond donors (Lipinski definition) is 1. The van der Waals surface area contributed by atoms with Crippen molar-refractivity contribution in [3.8, 4) is 5.75 Å². The molecule has 2 aromatic rings. The Morgan fingerprint density at radius 2 is 1.53 bits per heavy atom. The predicted molar refractivity (Wildman–Crippen MR) is 119 cm³/mol. The molecule has 1 aliphatic rings. The van der Waals surface area contributed by atoms with Crippen molar-refractivity contribution in [2.75, 3.05) is 39.3 Å². The van der Waals surface area contributed by atoms with E-state index >= 15 is 0 Å². The molecule has 164 valence electrons. The van der Waals surface area contributed by atoms with Gasteiger partial charge in [0.1, 0.15) is 18.5 Å². The van der Waals surface area contributed by atoms with E-state index in [0.717, 1.165) is 28.0 Å². The molecule has 0 amide bonds. The van der Waals surface area contributed by atoms with E-state index in [1.165, 1.54) is 0 Å². The van der Waals surface area contributed by atoms with Crippen LogP contribution in [0.25, 0.3) is 0 Å². The second-order valence-corrected chi connectivity index (χ2v) is 9.95. The third kappa shape index (κ3) is 5.03. The van der Waals surface area contributed by atoms with Gasteiger partial charge in [0, 0.05) is 32.7 Å². The van der Waals surface area contributed by atoms with Crippen molar-refractivity contribution in [1.29, 1.82) is 0 Å². The third-order valence-electron chi connectivity index (χ3n) is 5.88. The fraction of sp³-hybridized carbons (Fsp3) is 0.478. The molecule has 2 aromatic carbocycles. The molecule has 1 N–H and O–H groups in total. The van der Waals surface area contributed by atoms with Gasteiger partial charge in [-0.15, -0.1) is 0 Å². The van der Waals surface area contributed by atoms with Crippen LogP contribution in [0.1, 0.15) is 22.3 Å². The van der Waals surface area contributed by atoms with Crippen LogP contribution in [0.15, 0.2) is 41.3 Å². The Morgan fingerprint density at radius 1 is 0.967 bits per heavy atom. The van der Waals surface area contributed by atoms with Gasteiger partial charge in [-0.1, -0.05) is 24.3 Å². The van der Waals surface area contributed by atoms with E-state index in [-0.39, 0.29) is 6.61 Å². The van der Waals surface area contributed by atoms with Gasteiger partial charge in [0.15, 0.2) is 0 Å². The monoisotopic (exact) mass is 432 g/mol. The summed E-state index contributed by atoms with van der Waals surface area (Å²) >= 11 is 0. The molecule has 0 aliphatic carbocycles. The fourth-order valence-corrected chi connectivity index (χ4v) is 5.91. The SMILES string of the molecule is Cc1cc(C)c(C)c(S(=O)(=O)N2CCN(C[C@H](O)COc3ccccc3)CC2)c1C. The lowest BCUT2D eigenvalue weighted by atomic mass is 10.0. The Hall–Kier alpha value is -1.93. The molecule has 1 atom stereocenters. The molecule has 30 heavy (non-hydrogen) atoms. The minimum Gasteiger partial charge on any atom is -0.491 e. The summed E-state index contributed by atoms with van der Waals surface area (Å²) in [4.78, 5) is 2.54. The van der Waals surface area contributed by atoms with Crippen molar-refractivity contribution in [2.24, 2.45) is 0 Å². The molecule has 1 fully saturated rings. The fourth-order valence-electron chi connectivity index (χ4n) is 3.91. The number of ether oxygens (including phenoxy) is 1. The average Bonchev–Trinajstić information content (AvgIpc) is 2.72. The van der Waals surface area contributed by atoms with Gasteiger partial charge in [-0.05, 0) is 62.1 Å². The van der Waals surface area contributed by atoms with E-state index in [9.17, 15) is 13.5 Å². The first-order valence-electron chi connectivity index (χ1n) is 10.4. The second kappa shape index (κ2) is 9.47. The average molecular weight is 433 g/mol. The maximum atomic E-state index is 13.4. The van der Waals surface area contributed by atoms with E-state index in [1.807, 2.05) is 64.1 Å². The number of nitrogens with zero attached hydrogens (tertiary/aromatic N) is 2. The summed E-state index contributed by atoms with van der Waals surface area (Å²) in [6, 6.07) is 11.4. The van der Waals surface area contributed by atoms with E-state index in [4.69, 9.17) is 4.74 Å². The van der Waals surface area contributed by atoms with Crippen molar-refractivity contribution < 1.29 is 18.3 Å². The molecule has 0 aromatic heterocycles. The van der Waals surface area contributed by atoms with Gasteiger partial charge in [0.05, 0.1) is 4.90 Å². The first-order chi connectivity index (χ1) is 14.2. The molecular weight excluding hydrogens is 400 g/mol. The lowest BCUT2D eigenvalue weighted by molar-refractivity contribution is 0.0569. The number of para-hydroxylation sites is 1. The molecule has 0 unspecified atom stereocenters. The highest BCUT2D eigenvalue weighted by Gasteiger charge is 2.32. The zero-order valence-corrected chi connectivity index (χ0v) is 19.1. The Balaban J connectivity index is 1.59. The van der Waals surface area contributed by atoms with Gasteiger partial charge in [0.2, 0.25) is 10.0 Å². The van der Waals surface area contributed by atoms with Gasteiger partial charge >= 0.3 is 0 Å². The minimum atomic E-state index is -3.55. The first-order valence-corrected chi connectivity index (χ1v) is 11.8. The van der Waals surface area contributed by atoms with Crippen LogP contribution in [0.3, 0.4) is 0 Å². The molecule has 1 saturated heterocycles. The van der Waals surface area contributed by atoms with Crippen LogP contribution in [0, 0.1) is 27.7 Å². The molecule has 0 saturated carbocycles. The van der Waals surface area contributed by atoms with E-state index in [0.29, 0.717) is 37.6 Å². The van der Waals surface area contributed by atoms with Gasteiger partial charge in [-0.2, -0.15) is 4.31 Å². The van der Waals surface area contributed by atoms with Gasteiger partial charge in [-0.25, -0.2) is 8.42 Å². The Morgan fingerprint density at radius 3 is 2.10 bits per heavy atom. The summed E-state index contributed by atoms with van der Waals surface area (Å²) in [6.07, 6.45) is -0.628. The highest BCUT2D eigenvalue weighted by molar-refractivity contribution is 7.89. The zero-order valence-electron chi connectivity index (χ0n) is 18.3. The van der Waals surface area contributed by atoms with E-state index in [1.54, 1.807) is 4.31 Å². The molecular formula is C23H32N2O4S. The van der Waals surface area contributed by atoms with Crippen molar-refractivity contribution in [2.45, 2.75) is 38.7 Å². The molecule has 0 bridgehead atoms. The maximum absolute atomic E-state index is 13.4. The molecule has 1 aliphatic heterocycles. The summed E-state index contributed by atoms with van der Waals surface area (Å²) < 4.78 is 33.9. The number of aryl methyl sites for hydroxylation is 2. The van der Waals surface area contributed by atoms with Crippen molar-refractivity contribution >= 4 is 10.0 Å². The van der Waals surface area contributed by atoms with Crippen LogP contribution in [-0.2, 0) is 10.0 Å². The highest BCUT2D eigenvalue weighted by atomic mass is 32.2. The molecule has 0 radical (unpaired) electrons. The Kier molecular flexibility index (Phi) is 7.18. The smallest absolute Gasteiger partial charge is 0.243 e. The molecule has 0 spiro atoms. The predicted octanol–water partition coefficient (Wildman–Crippen LogP) is 2.67. The minimum absolute atomic E-state index is 0.212. The number of aliphatic hydroxyl groups excluding tert-OH is 1. The number of aliphatic hydroxyl groups is 1. The summed E-state index contributed by atoms with van der Waals surface area (Å²) in [5, 5.41) is 10.3. The molecule has 3 rings (SSSR count). The number of hydrogen-bond acceptors (Lipinski definition) is 5. The summed E-state index contributed by atoms with van der Waals surface area (Å²) in [7, 11) is -3.55. The van der Waals surface area contributed by atoms with Crippen LogP contribution in [0.4, 0.5) is 0 Å². The molecule has 7 heteroatoms. The lowest BCUT2D eigenvalue weighted by Crippen LogP contribution is -2.51. The standard InChI is InChI=1S/C23H32N2O4S/c1-17-14-18(2)20(4)23(19(17)3)30(27,28)25-12-10-24(11-13-25)15-21(26)16-29-22-8-6-5-7-9-22/h5-9,14,21,26H,10-13,15-16H2,1-4H3/t21-/m0/s1. The summed E-state index contributed by atoms with van der Waals surface area (Å²) in [5.74, 6) is 0.728. The molecule has 1 heterocycles. The van der Waals surface area contributed by atoms with E-state index in [2.05, 4.69) is 4.90 Å². The largest absolute Gasteiger partial charge is 0.491 e. The number of β-amino-alcohol motifs (C(OH)–C–C–N with tert-alkyl or cyclic N) is 1. The van der Waals surface area contributed by atoms with Crippen molar-refractivity contribution in [3.63, 3.8) is 0 Å². The number of benzene rings is 2. The summed E-state index contributed by atoms with van der Waals surface area (Å²) in [5.41, 5.74) is 3.65. The van der Waals surface area contributed by atoms with Crippen molar-refractivity contribution in [3.05, 3.63) is 58.7 Å². The maximum Gasteiger partial charge on any atom is 0.243 e. The highest BCUT2D eigenvalue weighted by Crippen LogP contribution is 2.29. The Labute approximate surface area is 180 Å². The lowest BCUT2D eigenvalue weighted by Gasteiger charge is -2.35. The third-order valence-corrected chi connectivity index (χ3v) is 8.05. The normalized spacial score (nSPS) is 17.1. The molecule has 6 nitrogen and oxygen atoms in total. The van der Waals surface area contributed by atoms with Crippen molar-refractivity contribution in [1.82, 2.24) is 9.21 Å². The number of sulfonamides is 1. The first kappa shape index (κ1) is 22.7. The number of piperazine rings is 1. The van der Waals surface area contributed by atoms with Crippen LogP contribution in [-0.4, -0.2) is 68.2 Å². The summed E-state index contributed by atoms with van der Waals surface area (Å²) in [6.45, 7) is 10.4. The van der Waals surface area contributed by atoms with Gasteiger partial charge in [-0.3, -0.25) is 4.90 Å². The van der Waals surface area contributed by atoms with Crippen LogP contribution < -0.4 is 4.74 Å². The van der Waals surface area contributed by atoms with Crippen LogP contribution >= 0.6 is 0 Å². The van der Waals surface area contributed by atoms with Gasteiger partial charge in [0.25, 0.3) is 0 Å². The number of rotatable bonds is 7. The van der Waals surface area contributed by atoms with Gasteiger partial charge < -0.3 is 9.84 Å².